The number of fused-ring (bicyclic) bond motifs is 3. The minimum atomic E-state index is -2.64. The van der Waals surface area contributed by atoms with Crippen LogP contribution in [0.3, 0.4) is 0 Å². The SMILES string of the molecule is CNC(=O)C1=C(O)C2(O)C(=O)C3=C(O)c4c(O)ccc(C#Cc5cccc(OC)c5)c4CC3CC2C(N(C)C)C1=O. The van der Waals surface area contributed by atoms with Crippen molar-refractivity contribution in [2.75, 3.05) is 28.3 Å². The number of aromatic hydroxyl groups is 1. The molecule has 5 N–H and O–H groups in total. The van der Waals surface area contributed by atoms with Gasteiger partial charge in [0.1, 0.15) is 28.6 Å². The van der Waals surface area contributed by atoms with Crippen LogP contribution >= 0.6 is 0 Å². The number of hydrogen-bond donors (Lipinski definition) is 5. The zero-order valence-electron chi connectivity index (χ0n) is 23.0. The van der Waals surface area contributed by atoms with E-state index in [1.165, 1.54) is 18.0 Å². The van der Waals surface area contributed by atoms with E-state index in [9.17, 15) is 34.8 Å². The second-order valence-corrected chi connectivity index (χ2v) is 10.6. The van der Waals surface area contributed by atoms with Crippen LogP contribution < -0.4 is 10.1 Å². The molecule has 0 aromatic heterocycles. The largest absolute Gasteiger partial charge is 0.508 e. The molecule has 0 aliphatic heterocycles. The molecule has 1 saturated carbocycles. The zero-order chi connectivity index (χ0) is 29.8. The van der Waals surface area contributed by atoms with Crippen molar-refractivity contribution in [1.29, 1.82) is 0 Å². The van der Waals surface area contributed by atoms with Gasteiger partial charge in [0.05, 0.1) is 18.7 Å². The molecule has 2 aromatic rings. The van der Waals surface area contributed by atoms with E-state index in [0.29, 0.717) is 22.4 Å². The summed E-state index contributed by atoms with van der Waals surface area (Å²) in [6.45, 7) is 0. The van der Waals surface area contributed by atoms with E-state index < -0.39 is 58.0 Å². The Morgan fingerprint density at radius 2 is 1.85 bits per heavy atom. The van der Waals surface area contributed by atoms with Crippen LogP contribution in [-0.2, 0) is 20.8 Å². The van der Waals surface area contributed by atoms with Crippen molar-refractivity contribution >= 4 is 23.2 Å². The Bertz CT molecular complexity index is 1630. The number of carbonyl (C=O) groups excluding carboxylic acids is 3. The van der Waals surface area contributed by atoms with Gasteiger partial charge in [-0.15, -0.1) is 0 Å². The quantitative estimate of drug-likeness (QED) is 0.279. The van der Waals surface area contributed by atoms with Gasteiger partial charge in [0.25, 0.3) is 5.91 Å². The number of aliphatic hydroxyl groups is 3. The second kappa shape index (κ2) is 10.1. The molecule has 2 aromatic carbocycles. The predicted molar refractivity (Wildman–Crippen MR) is 148 cm³/mol. The molecule has 3 aliphatic rings. The summed E-state index contributed by atoms with van der Waals surface area (Å²) in [5.41, 5.74) is -1.79. The number of methoxy groups -OCH3 is 1. The van der Waals surface area contributed by atoms with E-state index in [2.05, 4.69) is 17.2 Å². The fourth-order valence-electron chi connectivity index (χ4n) is 6.31. The van der Waals surface area contributed by atoms with E-state index in [4.69, 9.17) is 4.74 Å². The summed E-state index contributed by atoms with van der Waals surface area (Å²) in [6.07, 6.45) is 0.198. The van der Waals surface area contributed by atoms with Crippen LogP contribution in [0.1, 0.15) is 28.7 Å². The number of benzene rings is 2. The molecule has 1 amide bonds. The third-order valence-corrected chi connectivity index (χ3v) is 8.22. The van der Waals surface area contributed by atoms with Gasteiger partial charge >= 0.3 is 0 Å². The molecule has 1 fully saturated rings. The average Bonchev–Trinajstić information content (AvgIpc) is 2.94. The number of ether oxygens (including phenoxy) is 1. The van der Waals surface area contributed by atoms with Crippen molar-refractivity contribution in [3.05, 3.63) is 75.6 Å². The molecule has 5 rings (SSSR count). The highest BCUT2D eigenvalue weighted by molar-refractivity contribution is 6.24. The molecule has 4 unspecified atom stereocenters. The Labute approximate surface area is 236 Å². The zero-order valence-corrected chi connectivity index (χ0v) is 23.0. The van der Waals surface area contributed by atoms with Crippen LogP contribution in [0.15, 0.2) is 53.3 Å². The third-order valence-electron chi connectivity index (χ3n) is 8.22. The van der Waals surface area contributed by atoms with Crippen molar-refractivity contribution < 1.29 is 39.5 Å². The summed E-state index contributed by atoms with van der Waals surface area (Å²) in [4.78, 5) is 41.5. The standard InChI is InChI=1S/C31H30N2O8/c1-32-30(39)24-27(36)25(33(2)3)20-14-17-13-19-16(9-8-15-6-5-7-18(12-15)41-4)10-11-21(34)23(19)26(35)22(17)28(37)31(20,40)29(24)38/h5-7,10-12,17,20,25,34-35,38,40H,13-14H2,1-4H3,(H,32,39). The van der Waals surface area contributed by atoms with Gasteiger partial charge in [-0.05, 0) is 68.8 Å². The number of carbonyl (C=O) groups is 3. The summed E-state index contributed by atoms with van der Waals surface area (Å²) in [6, 6.07) is 9.06. The summed E-state index contributed by atoms with van der Waals surface area (Å²) < 4.78 is 5.25. The van der Waals surface area contributed by atoms with E-state index in [1.807, 2.05) is 6.07 Å². The molecule has 0 spiro atoms. The molecular weight excluding hydrogens is 528 g/mol. The fourth-order valence-corrected chi connectivity index (χ4v) is 6.31. The molecule has 10 nitrogen and oxygen atoms in total. The van der Waals surface area contributed by atoms with Crippen LogP contribution in [0.2, 0.25) is 0 Å². The van der Waals surface area contributed by atoms with Crippen molar-refractivity contribution in [1.82, 2.24) is 10.2 Å². The first-order chi connectivity index (χ1) is 19.4. The number of phenols is 1. The summed E-state index contributed by atoms with van der Waals surface area (Å²) in [5.74, 6) is 0.467. The molecular formula is C31H30N2O8. The highest BCUT2D eigenvalue weighted by Crippen LogP contribution is 2.52. The summed E-state index contributed by atoms with van der Waals surface area (Å²) in [5, 5.41) is 47.3. The normalized spacial score (nSPS) is 25.2. The van der Waals surface area contributed by atoms with Crippen LogP contribution in [0.5, 0.6) is 11.5 Å². The number of nitrogens with zero attached hydrogens (tertiary/aromatic N) is 1. The number of rotatable bonds is 3. The number of nitrogens with one attached hydrogen (secondary N) is 1. The van der Waals surface area contributed by atoms with Crippen LogP contribution in [0.4, 0.5) is 0 Å². The molecule has 3 aliphatic carbocycles. The maximum atomic E-state index is 14.0. The average molecular weight is 559 g/mol. The van der Waals surface area contributed by atoms with Crippen molar-refractivity contribution in [2.24, 2.45) is 11.8 Å². The lowest BCUT2D eigenvalue weighted by Crippen LogP contribution is -2.65. The lowest BCUT2D eigenvalue weighted by atomic mass is 9.57. The molecule has 0 bridgehead atoms. The van der Waals surface area contributed by atoms with Gasteiger partial charge in [-0.1, -0.05) is 17.9 Å². The monoisotopic (exact) mass is 558 g/mol. The molecule has 10 heteroatoms. The van der Waals surface area contributed by atoms with E-state index >= 15 is 0 Å². The summed E-state index contributed by atoms with van der Waals surface area (Å²) in [7, 11) is 5.98. The third kappa shape index (κ3) is 4.17. The lowest BCUT2D eigenvalue weighted by molar-refractivity contribution is -0.153. The van der Waals surface area contributed by atoms with E-state index in [0.717, 1.165) is 0 Å². The molecule has 4 atom stereocenters. The van der Waals surface area contributed by atoms with Crippen LogP contribution in [0.25, 0.3) is 5.76 Å². The highest BCUT2D eigenvalue weighted by Gasteiger charge is 2.64. The Morgan fingerprint density at radius 3 is 2.51 bits per heavy atom. The molecule has 212 valence electrons. The maximum absolute atomic E-state index is 14.0. The van der Waals surface area contributed by atoms with Crippen LogP contribution in [0, 0.1) is 23.7 Å². The topological polar surface area (TPSA) is 157 Å². The smallest absolute Gasteiger partial charge is 0.258 e. The van der Waals surface area contributed by atoms with E-state index in [1.54, 1.807) is 45.5 Å². The number of phenolic OH excluding ortho intramolecular Hbond substituents is 1. The molecule has 0 radical (unpaired) electrons. The van der Waals surface area contributed by atoms with Gasteiger partial charge in [-0.25, -0.2) is 0 Å². The number of amides is 1. The lowest BCUT2D eigenvalue weighted by Gasteiger charge is -2.50. The molecule has 0 heterocycles. The maximum Gasteiger partial charge on any atom is 0.258 e. The van der Waals surface area contributed by atoms with Gasteiger partial charge in [0.15, 0.2) is 11.4 Å². The van der Waals surface area contributed by atoms with Crippen molar-refractivity contribution in [2.45, 2.75) is 24.5 Å². The van der Waals surface area contributed by atoms with Crippen molar-refractivity contribution in [3.63, 3.8) is 0 Å². The fraction of sp³-hybridized carbons (Fsp3) is 0.323. The minimum absolute atomic E-state index is 0.00938. The number of aliphatic hydroxyl groups excluding tert-OH is 2. The minimum Gasteiger partial charge on any atom is -0.508 e. The van der Waals surface area contributed by atoms with Gasteiger partial charge in [0.2, 0.25) is 5.78 Å². The number of Topliss-reactive ketones (excluding diaryl/α,β-unsaturated/α-hetero) is 2. The predicted octanol–water partition coefficient (Wildman–Crippen LogP) is 1.63. The Morgan fingerprint density at radius 1 is 1.12 bits per heavy atom. The van der Waals surface area contributed by atoms with Gasteiger partial charge in [0, 0.05) is 29.7 Å². The number of likely N-dealkylation sites (N-methyl/N-ethyl adjacent to an activating group) is 2. The Balaban J connectivity index is 1.67. The molecule has 41 heavy (non-hydrogen) atoms. The van der Waals surface area contributed by atoms with Gasteiger partial charge in [-0.3, -0.25) is 19.3 Å². The number of ketones is 2. The van der Waals surface area contributed by atoms with Crippen molar-refractivity contribution in [3.8, 4) is 23.3 Å². The number of hydrogen-bond acceptors (Lipinski definition) is 9. The Hall–Kier alpha value is -4.59. The van der Waals surface area contributed by atoms with Crippen LogP contribution in [-0.4, -0.2) is 82.7 Å². The van der Waals surface area contributed by atoms with Gasteiger partial charge < -0.3 is 30.5 Å². The highest BCUT2D eigenvalue weighted by atomic mass is 16.5. The first kappa shape index (κ1) is 28.0. The molecule has 0 saturated heterocycles. The Kier molecular flexibility index (Phi) is 6.89. The van der Waals surface area contributed by atoms with Gasteiger partial charge in [-0.2, -0.15) is 0 Å². The first-order valence-corrected chi connectivity index (χ1v) is 13.0. The van der Waals surface area contributed by atoms with E-state index in [-0.39, 0.29) is 29.7 Å². The second-order valence-electron chi connectivity index (χ2n) is 10.6. The first-order valence-electron chi connectivity index (χ1n) is 13.0. The summed E-state index contributed by atoms with van der Waals surface area (Å²) >= 11 is 0.